The lowest BCUT2D eigenvalue weighted by Crippen LogP contribution is -2.48. The molecule has 3 rings (SSSR count). The first-order valence-electron chi connectivity index (χ1n) is 7.12. The normalized spacial score (nSPS) is 17.6. The van der Waals surface area contributed by atoms with Gasteiger partial charge in [-0.05, 0) is 18.2 Å². The van der Waals surface area contributed by atoms with Crippen molar-refractivity contribution >= 4 is 5.91 Å². The SMILES string of the molecule is C#CCCN1CCN(C(=O)c2ccc3c(c2)OCO3)CC1. The van der Waals surface area contributed by atoms with E-state index in [1.54, 1.807) is 18.2 Å². The Bertz CT molecular complexity index is 571. The largest absolute Gasteiger partial charge is 0.454 e. The monoisotopic (exact) mass is 286 g/mol. The summed E-state index contributed by atoms with van der Waals surface area (Å²) in [5.41, 5.74) is 0.649. The Hall–Kier alpha value is -2.19. The molecule has 1 amide bonds. The van der Waals surface area contributed by atoms with Gasteiger partial charge in [-0.15, -0.1) is 12.3 Å². The summed E-state index contributed by atoms with van der Waals surface area (Å²) in [7, 11) is 0. The van der Waals surface area contributed by atoms with Crippen molar-refractivity contribution in [3.05, 3.63) is 23.8 Å². The zero-order valence-corrected chi connectivity index (χ0v) is 11.9. The molecule has 1 aromatic rings. The summed E-state index contributed by atoms with van der Waals surface area (Å²) in [6.07, 6.45) is 6.04. The van der Waals surface area contributed by atoms with Crippen molar-refractivity contribution in [3.63, 3.8) is 0 Å². The molecule has 21 heavy (non-hydrogen) atoms. The number of carbonyl (C=O) groups is 1. The number of rotatable bonds is 3. The topological polar surface area (TPSA) is 42.0 Å². The van der Waals surface area contributed by atoms with Gasteiger partial charge in [-0.1, -0.05) is 0 Å². The highest BCUT2D eigenvalue weighted by atomic mass is 16.7. The van der Waals surface area contributed by atoms with Crippen molar-refractivity contribution in [1.29, 1.82) is 0 Å². The van der Waals surface area contributed by atoms with Crippen LogP contribution in [-0.2, 0) is 0 Å². The van der Waals surface area contributed by atoms with Crippen LogP contribution in [0.4, 0.5) is 0 Å². The molecule has 0 radical (unpaired) electrons. The Morgan fingerprint density at radius 3 is 2.71 bits per heavy atom. The molecule has 0 unspecified atom stereocenters. The van der Waals surface area contributed by atoms with Crippen molar-refractivity contribution in [2.45, 2.75) is 6.42 Å². The van der Waals surface area contributed by atoms with E-state index in [2.05, 4.69) is 10.8 Å². The van der Waals surface area contributed by atoms with E-state index >= 15 is 0 Å². The maximum Gasteiger partial charge on any atom is 0.254 e. The lowest BCUT2D eigenvalue weighted by molar-refractivity contribution is 0.0639. The third-order valence-corrected chi connectivity index (χ3v) is 3.85. The first-order chi connectivity index (χ1) is 10.3. The highest BCUT2D eigenvalue weighted by molar-refractivity contribution is 5.95. The molecule has 110 valence electrons. The molecule has 0 bridgehead atoms. The average molecular weight is 286 g/mol. The minimum Gasteiger partial charge on any atom is -0.454 e. The van der Waals surface area contributed by atoms with Gasteiger partial charge >= 0.3 is 0 Å². The van der Waals surface area contributed by atoms with Crippen molar-refractivity contribution < 1.29 is 14.3 Å². The zero-order chi connectivity index (χ0) is 14.7. The quantitative estimate of drug-likeness (QED) is 0.783. The molecular formula is C16H18N2O3. The van der Waals surface area contributed by atoms with Gasteiger partial charge < -0.3 is 14.4 Å². The third kappa shape index (κ3) is 2.96. The predicted molar refractivity (Wildman–Crippen MR) is 78.4 cm³/mol. The maximum atomic E-state index is 12.5. The molecule has 1 fully saturated rings. The summed E-state index contributed by atoms with van der Waals surface area (Å²) >= 11 is 0. The average Bonchev–Trinajstić information content (AvgIpc) is 3.00. The molecule has 2 aliphatic heterocycles. The van der Waals surface area contributed by atoms with E-state index in [0.717, 1.165) is 39.1 Å². The van der Waals surface area contributed by atoms with Crippen LogP contribution in [0, 0.1) is 12.3 Å². The van der Waals surface area contributed by atoms with Crippen LogP contribution in [0.3, 0.4) is 0 Å². The molecule has 1 saturated heterocycles. The van der Waals surface area contributed by atoms with Gasteiger partial charge in [0.1, 0.15) is 0 Å². The van der Waals surface area contributed by atoms with Crippen LogP contribution in [0.5, 0.6) is 11.5 Å². The van der Waals surface area contributed by atoms with Crippen LogP contribution in [0.15, 0.2) is 18.2 Å². The molecule has 5 heteroatoms. The smallest absolute Gasteiger partial charge is 0.254 e. The van der Waals surface area contributed by atoms with Gasteiger partial charge in [0.2, 0.25) is 6.79 Å². The minimum atomic E-state index is 0.0462. The number of amides is 1. The second kappa shape index (κ2) is 6.06. The fourth-order valence-corrected chi connectivity index (χ4v) is 2.61. The molecule has 5 nitrogen and oxygen atoms in total. The van der Waals surface area contributed by atoms with Gasteiger partial charge in [0.05, 0.1) is 0 Å². The molecule has 0 spiro atoms. The Balaban J connectivity index is 1.60. The minimum absolute atomic E-state index is 0.0462. The van der Waals surface area contributed by atoms with Crippen molar-refractivity contribution in [1.82, 2.24) is 9.80 Å². The van der Waals surface area contributed by atoms with Gasteiger partial charge in [0.15, 0.2) is 11.5 Å². The lowest BCUT2D eigenvalue weighted by Gasteiger charge is -2.34. The summed E-state index contributed by atoms with van der Waals surface area (Å²) < 4.78 is 10.6. The first kappa shape index (κ1) is 13.8. The molecule has 0 aliphatic carbocycles. The molecule has 0 aromatic heterocycles. The number of nitrogens with zero attached hydrogens (tertiary/aromatic N) is 2. The summed E-state index contributed by atoms with van der Waals surface area (Å²) in [6.45, 7) is 4.34. The molecular weight excluding hydrogens is 268 g/mol. The van der Waals surface area contributed by atoms with Crippen LogP contribution in [-0.4, -0.2) is 55.2 Å². The van der Waals surface area contributed by atoms with E-state index in [9.17, 15) is 4.79 Å². The Morgan fingerprint density at radius 2 is 1.95 bits per heavy atom. The van der Waals surface area contributed by atoms with Crippen LogP contribution in [0.2, 0.25) is 0 Å². The summed E-state index contributed by atoms with van der Waals surface area (Å²) in [4.78, 5) is 16.7. The van der Waals surface area contributed by atoms with E-state index < -0.39 is 0 Å². The van der Waals surface area contributed by atoms with Gasteiger partial charge in [-0.2, -0.15) is 0 Å². The zero-order valence-electron chi connectivity index (χ0n) is 11.9. The number of terminal acetylenes is 1. The van der Waals surface area contributed by atoms with Gasteiger partial charge in [-0.25, -0.2) is 0 Å². The molecule has 0 saturated carbocycles. The Labute approximate surface area is 124 Å². The summed E-state index contributed by atoms with van der Waals surface area (Å²) in [5.74, 6) is 4.04. The fraction of sp³-hybridized carbons (Fsp3) is 0.438. The second-order valence-electron chi connectivity index (χ2n) is 5.16. The van der Waals surface area contributed by atoms with Gasteiger partial charge in [0.25, 0.3) is 5.91 Å². The van der Waals surface area contributed by atoms with Crippen LogP contribution in [0.1, 0.15) is 16.8 Å². The van der Waals surface area contributed by atoms with Crippen LogP contribution >= 0.6 is 0 Å². The van der Waals surface area contributed by atoms with Crippen molar-refractivity contribution in [2.24, 2.45) is 0 Å². The first-order valence-corrected chi connectivity index (χ1v) is 7.12. The van der Waals surface area contributed by atoms with E-state index in [1.165, 1.54) is 0 Å². The van der Waals surface area contributed by atoms with E-state index in [1.807, 2.05) is 4.90 Å². The lowest BCUT2D eigenvalue weighted by atomic mass is 10.1. The number of hydrogen-bond acceptors (Lipinski definition) is 4. The van der Waals surface area contributed by atoms with Crippen LogP contribution in [0.25, 0.3) is 0 Å². The van der Waals surface area contributed by atoms with Crippen molar-refractivity contribution in [3.8, 4) is 23.8 Å². The molecule has 2 heterocycles. The maximum absolute atomic E-state index is 12.5. The number of fused-ring (bicyclic) bond motifs is 1. The number of piperazine rings is 1. The van der Waals surface area contributed by atoms with E-state index in [4.69, 9.17) is 15.9 Å². The second-order valence-corrected chi connectivity index (χ2v) is 5.16. The van der Waals surface area contributed by atoms with Gasteiger partial charge in [-0.3, -0.25) is 9.69 Å². The van der Waals surface area contributed by atoms with Gasteiger partial charge in [0, 0.05) is 44.7 Å². The molecule has 0 atom stereocenters. The third-order valence-electron chi connectivity index (χ3n) is 3.85. The number of benzene rings is 1. The number of hydrogen-bond donors (Lipinski definition) is 0. The van der Waals surface area contributed by atoms with Crippen LogP contribution < -0.4 is 9.47 Å². The summed E-state index contributed by atoms with van der Waals surface area (Å²) in [6, 6.07) is 5.34. The molecule has 1 aromatic carbocycles. The van der Waals surface area contributed by atoms with Crippen molar-refractivity contribution in [2.75, 3.05) is 39.5 Å². The van der Waals surface area contributed by atoms with E-state index in [-0.39, 0.29) is 12.7 Å². The summed E-state index contributed by atoms with van der Waals surface area (Å²) in [5, 5.41) is 0. The number of carbonyl (C=O) groups excluding carboxylic acids is 1. The van der Waals surface area contributed by atoms with E-state index in [0.29, 0.717) is 17.1 Å². The highest BCUT2D eigenvalue weighted by Gasteiger charge is 2.23. The standard InChI is InChI=1S/C16H18N2O3/c1-2-3-6-17-7-9-18(10-8-17)16(19)13-4-5-14-15(11-13)21-12-20-14/h1,4-5,11H,3,6-10,12H2. The molecule has 2 aliphatic rings. The number of ether oxygens (including phenoxy) is 2. The Kier molecular flexibility index (Phi) is 3.98. The predicted octanol–water partition coefficient (Wildman–Crippen LogP) is 1.20. The highest BCUT2D eigenvalue weighted by Crippen LogP contribution is 2.32. The fourth-order valence-electron chi connectivity index (χ4n) is 2.61. The molecule has 0 N–H and O–H groups in total. The Morgan fingerprint density at radius 1 is 1.19 bits per heavy atom.